The fourth-order valence-corrected chi connectivity index (χ4v) is 3.15. The van der Waals surface area contributed by atoms with Crippen LogP contribution in [0.1, 0.15) is 13.3 Å². The maximum Gasteiger partial charge on any atom is 0.414 e. The average molecular weight is 347 g/mol. The molecule has 0 radical (unpaired) electrons. The van der Waals surface area contributed by atoms with Crippen LogP contribution in [-0.4, -0.2) is 25.5 Å². The second-order valence-corrected chi connectivity index (χ2v) is 5.92. The Balaban J connectivity index is 1.70. The van der Waals surface area contributed by atoms with E-state index in [9.17, 15) is 14.0 Å². The van der Waals surface area contributed by atoms with Gasteiger partial charge in [-0.05, 0) is 37.6 Å². The molecule has 0 saturated carbocycles. The van der Waals surface area contributed by atoms with Crippen LogP contribution in [0.15, 0.2) is 47.7 Å². The van der Waals surface area contributed by atoms with E-state index in [0.717, 1.165) is 5.57 Å². The van der Waals surface area contributed by atoms with E-state index >= 15 is 0 Å². The third-order valence-corrected chi connectivity index (χ3v) is 4.41. The molecular formula is C18H18FNO5. The number of halogens is 1. The zero-order chi connectivity index (χ0) is 18.0. The van der Waals surface area contributed by atoms with Gasteiger partial charge in [0, 0.05) is 11.6 Å². The summed E-state index contributed by atoms with van der Waals surface area (Å²) in [6, 6.07) is 5.32. The quantitative estimate of drug-likeness (QED) is 0.670. The Kier molecular flexibility index (Phi) is 4.74. The predicted molar refractivity (Wildman–Crippen MR) is 86.8 cm³/mol. The van der Waals surface area contributed by atoms with Crippen LogP contribution in [0.2, 0.25) is 0 Å². The van der Waals surface area contributed by atoms with Gasteiger partial charge in [0.05, 0.1) is 24.9 Å². The van der Waals surface area contributed by atoms with E-state index in [4.69, 9.17) is 14.2 Å². The van der Waals surface area contributed by atoms with Crippen LogP contribution in [0.25, 0.3) is 0 Å². The van der Waals surface area contributed by atoms with E-state index in [1.807, 2.05) is 13.0 Å². The van der Waals surface area contributed by atoms with E-state index in [1.165, 1.54) is 37.6 Å². The molecule has 132 valence electrons. The van der Waals surface area contributed by atoms with E-state index in [1.54, 1.807) is 0 Å². The van der Waals surface area contributed by atoms with Gasteiger partial charge in [-0.25, -0.2) is 14.0 Å². The number of esters is 1. The number of amides is 1. The number of benzene rings is 1. The molecule has 0 aromatic heterocycles. The third-order valence-electron chi connectivity index (χ3n) is 4.41. The van der Waals surface area contributed by atoms with Gasteiger partial charge in [-0.3, -0.25) is 5.32 Å². The van der Waals surface area contributed by atoms with Crippen molar-refractivity contribution in [1.29, 1.82) is 0 Å². The number of hydrogen-bond donors (Lipinski definition) is 1. The molecule has 0 fully saturated rings. The first-order chi connectivity index (χ1) is 12.0. The molecule has 3 unspecified atom stereocenters. The number of hydrogen-bond acceptors (Lipinski definition) is 5. The Bertz CT molecular complexity index is 740. The minimum absolute atomic E-state index is 0.148. The highest BCUT2D eigenvalue weighted by molar-refractivity contribution is 5.89. The molecule has 3 atom stereocenters. The monoisotopic (exact) mass is 347 g/mol. The van der Waals surface area contributed by atoms with Crippen LogP contribution in [0.3, 0.4) is 0 Å². The summed E-state index contributed by atoms with van der Waals surface area (Å²) in [6.07, 6.45) is 2.38. The summed E-state index contributed by atoms with van der Waals surface area (Å²) in [5.74, 6) is -1.25. The first-order valence-corrected chi connectivity index (χ1v) is 7.83. The van der Waals surface area contributed by atoms with Crippen LogP contribution in [0, 0.1) is 17.7 Å². The van der Waals surface area contributed by atoms with Crippen LogP contribution in [0.5, 0.6) is 0 Å². The van der Waals surface area contributed by atoms with Gasteiger partial charge in [0.1, 0.15) is 5.82 Å². The van der Waals surface area contributed by atoms with Gasteiger partial charge < -0.3 is 14.2 Å². The summed E-state index contributed by atoms with van der Waals surface area (Å²) < 4.78 is 28.5. The largest absolute Gasteiger partial charge is 0.466 e. The molecule has 0 spiro atoms. The predicted octanol–water partition coefficient (Wildman–Crippen LogP) is 3.37. The lowest BCUT2D eigenvalue weighted by Gasteiger charge is -2.33. The van der Waals surface area contributed by atoms with Crippen molar-refractivity contribution in [2.75, 3.05) is 12.4 Å². The molecular weight excluding hydrogens is 329 g/mol. The molecule has 7 heteroatoms. The maximum absolute atomic E-state index is 12.9. The van der Waals surface area contributed by atoms with Crippen LogP contribution in [-0.2, 0) is 19.0 Å². The highest BCUT2D eigenvalue weighted by atomic mass is 19.1. The molecule has 1 aliphatic carbocycles. The number of carbonyl (C=O) groups excluding carboxylic acids is 2. The molecule has 1 aromatic rings. The number of fused-ring (bicyclic) bond motifs is 1. The van der Waals surface area contributed by atoms with Crippen molar-refractivity contribution in [1.82, 2.24) is 0 Å². The van der Waals surface area contributed by atoms with Crippen molar-refractivity contribution in [3.63, 3.8) is 0 Å². The fraction of sp³-hybridized carbons (Fsp3) is 0.333. The molecule has 0 bridgehead atoms. The summed E-state index contributed by atoms with van der Waals surface area (Å²) in [6.45, 7) is 1.91. The zero-order valence-electron chi connectivity index (χ0n) is 13.8. The lowest BCUT2D eigenvalue weighted by atomic mass is 9.84. The molecule has 0 saturated heterocycles. The van der Waals surface area contributed by atoms with Crippen molar-refractivity contribution in [2.24, 2.45) is 11.8 Å². The average Bonchev–Trinajstić information content (AvgIpc) is 2.99. The molecule has 3 rings (SSSR count). The van der Waals surface area contributed by atoms with E-state index in [2.05, 4.69) is 5.32 Å². The molecule has 1 amide bonds. The van der Waals surface area contributed by atoms with Gasteiger partial charge >= 0.3 is 12.1 Å². The highest BCUT2D eigenvalue weighted by Gasteiger charge is 2.44. The zero-order valence-corrected chi connectivity index (χ0v) is 13.8. The topological polar surface area (TPSA) is 73.9 Å². The van der Waals surface area contributed by atoms with E-state index < -0.39 is 24.2 Å². The van der Waals surface area contributed by atoms with Gasteiger partial charge in [0.2, 0.25) is 0 Å². The molecule has 1 aromatic carbocycles. The smallest absolute Gasteiger partial charge is 0.414 e. The molecule has 6 nitrogen and oxygen atoms in total. The first kappa shape index (κ1) is 17.0. The minimum Gasteiger partial charge on any atom is -0.466 e. The summed E-state index contributed by atoms with van der Waals surface area (Å²) in [7, 11) is 1.31. The van der Waals surface area contributed by atoms with Crippen molar-refractivity contribution >= 4 is 17.7 Å². The number of allylic oxidation sites excluding steroid dienone is 1. The molecule has 25 heavy (non-hydrogen) atoms. The fourth-order valence-electron chi connectivity index (χ4n) is 3.15. The Hall–Kier alpha value is -2.83. The summed E-state index contributed by atoms with van der Waals surface area (Å²) in [5, 5.41) is 2.52. The van der Waals surface area contributed by atoms with Gasteiger partial charge in [-0.1, -0.05) is 11.6 Å². The minimum atomic E-state index is -0.849. The van der Waals surface area contributed by atoms with Crippen LogP contribution < -0.4 is 5.32 Å². The number of ether oxygens (including phenoxy) is 3. The molecule has 2 aliphatic rings. The Morgan fingerprint density at radius 2 is 2.00 bits per heavy atom. The van der Waals surface area contributed by atoms with Crippen molar-refractivity contribution in [2.45, 2.75) is 19.6 Å². The maximum atomic E-state index is 12.9. The van der Waals surface area contributed by atoms with Crippen LogP contribution in [0.4, 0.5) is 14.9 Å². The highest BCUT2D eigenvalue weighted by Crippen LogP contribution is 2.43. The van der Waals surface area contributed by atoms with Gasteiger partial charge in [-0.15, -0.1) is 0 Å². The summed E-state index contributed by atoms with van der Waals surface area (Å²) in [4.78, 5) is 24.0. The van der Waals surface area contributed by atoms with Gasteiger partial charge in [-0.2, -0.15) is 0 Å². The molecule has 1 N–H and O–H groups in total. The van der Waals surface area contributed by atoms with E-state index in [0.29, 0.717) is 17.7 Å². The van der Waals surface area contributed by atoms with Crippen molar-refractivity contribution in [3.05, 3.63) is 53.6 Å². The lowest BCUT2D eigenvalue weighted by Crippen LogP contribution is -2.38. The van der Waals surface area contributed by atoms with Gasteiger partial charge in [0.15, 0.2) is 0 Å². The summed E-state index contributed by atoms with van der Waals surface area (Å²) >= 11 is 0. The Morgan fingerprint density at radius 1 is 1.28 bits per heavy atom. The first-order valence-electron chi connectivity index (χ1n) is 7.83. The molecule has 1 heterocycles. The van der Waals surface area contributed by atoms with E-state index in [-0.39, 0.29) is 11.8 Å². The van der Waals surface area contributed by atoms with Crippen molar-refractivity contribution < 1.29 is 28.2 Å². The second-order valence-electron chi connectivity index (χ2n) is 5.92. The third kappa shape index (κ3) is 3.50. The summed E-state index contributed by atoms with van der Waals surface area (Å²) in [5.41, 5.74) is 1.82. The number of methoxy groups -OCH3 is 1. The number of carbonyl (C=O) groups is 2. The second kappa shape index (κ2) is 6.96. The lowest BCUT2D eigenvalue weighted by molar-refractivity contribution is -0.141. The SMILES string of the molecule is COC(=O)C1=COC(OC(=O)Nc2ccc(F)cc2)C2C(C)=CCC12. The number of rotatable bonds is 3. The number of anilines is 1. The van der Waals surface area contributed by atoms with Crippen LogP contribution >= 0.6 is 0 Å². The standard InChI is InChI=1S/C18H18FNO5/c1-10-3-8-13-14(16(21)23-2)9-24-17(15(10)13)25-18(22)20-12-6-4-11(19)5-7-12/h3-7,9,13,15,17H,8H2,1-2H3,(H,20,22). The van der Waals surface area contributed by atoms with Gasteiger partial charge in [0.25, 0.3) is 6.29 Å². The Morgan fingerprint density at radius 3 is 2.68 bits per heavy atom. The normalized spacial score (nSPS) is 24.4. The van der Waals surface area contributed by atoms with Crippen molar-refractivity contribution in [3.8, 4) is 0 Å². The Labute approximate surface area is 144 Å². The number of nitrogens with one attached hydrogen (secondary N) is 1. The molecule has 1 aliphatic heterocycles.